The highest BCUT2D eigenvalue weighted by molar-refractivity contribution is 6.74. The van der Waals surface area contributed by atoms with Gasteiger partial charge in [0.1, 0.15) is 5.60 Å². The van der Waals surface area contributed by atoms with Crippen molar-refractivity contribution < 1.29 is 33.0 Å². The largest absolute Gasteiger partial charge is 0.464 e. The van der Waals surface area contributed by atoms with Gasteiger partial charge in [0.2, 0.25) is 0 Å². The minimum atomic E-state index is -2.49. The lowest BCUT2D eigenvalue weighted by atomic mass is 10.1. The normalized spacial score (nSPS) is 14.6. The lowest BCUT2D eigenvalue weighted by molar-refractivity contribution is -0.161. The molecular weight excluding hydrogens is 382 g/mol. The molecule has 0 aromatic rings. The first-order chi connectivity index (χ1) is 12.6. The number of carbonyl (C=O) groups is 3. The van der Waals surface area contributed by atoms with Gasteiger partial charge in [0.05, 0.1) is 13.2 Å². The van der Waals surface area contributed by atoms with Crippen molar-refractivity contribution in [1.82, 2.24) is 5.32 Å². The highest BCUT2D eigenvalue weighted by Gasteiger charge is 2.46. The molecule has 0 aliphatic carbocycles. The number of ether oxygens (including phenoxy) is 3. The standard InChI is InChI=1S/C19H37NO7Si/c1-11-24-15(21)13(20-17(23)26-18(3,4)5)14(16(22)25-12-2)27-28(9,10)19(6,7)8/h13-14H,11-12H2,1-10H3,(H,20,23)/t13-,14?/m1/s1. The first-order valence-electron chi connectivity index (χ1n) is 9.56. The van der Waals surface area contributed by atoms with Gasteiger partial charge in [0, 0.05) is 0 Å². The van der Waals surface area contributed by atoms with E-state index < -0.39 is 44.1 Å². The van der Waals surface area contributed by atoms with Crippen molar-refractivity contribution in [2.45, 2.75) is 91.3 Å². The Balaban J connectivity index is 5.91. The van der Waals surface area contributed by atoms with Gasteiger partial charge in [-0.15, -0.1) is 0 Å². The summed E-state index contributed by atoms with van der Waals surface area (Å²) in [6.07, 6.45) is -2.19. The zero-order chi connectivity index (χ0) is 22.3. The fourth-order valence-corrected chi connectivity index (χ4v) is 3.12. The van der Waals surface area contributed by atoms with Crippen LogP contribution in [0.15, 0.2) is 0 Å². The third kappa shape index (κ3) is 8.60. The number of esters is 2. The van der Waals surface area contributed by atoms with Gasteiger partial charge in [0.15, 0.2) is 20.5 Å². The second kappa shape index (κ2) is 10.2. The zero-order valence-corrected chi connectivity index (χ0v) is 19.9. The van der Waals surface area contributed by atoms with E-state index in [9.17, 15) is 14.4 Å². The SMILES string of the molecule is CCOC(=O)C(O[Si](C)(C)C(C)(C)C)[C@@H](NC(=O)OC(C)(C)C)C(=O)OCC. The number of hydrogen-bond acceptors (Lipinski definition) is 7. The molecule has 0 aliphatic rings. The summed E-state index contributed by atoms with van der Waals surface area (Å²) in [6.45, 7) is 18.5. The quantitative estimate of drug-likeness (QED) is 0.365. The molecular formula is C19H37NO7Si. The maximum absolute atomic E-state index is 12.6. The van der Waals surface area contributed by atoms with Crippen LogP contribution in [0.4, 0.5) is 4.79 Å². The average molecular weight is 420 g/mol. The van der Waals surface area contributed by atoms with Crippen LogP contribution in [0.1, 0.15) is 55.4 Å². The molecule has 1 unspecified atom stereocenters. The smallest absolute Gasteiger partial charge is 0.408 e. The van der Waals surface area contributed by atoms with E-state index in [0.29, 0.717) is 0 Å². The predicted octanol–water partition coefficient (Wildman–Crippen LogP) is 3.40. The molecule has 0 radical (unpaired) electrons. The van der Waals surface area contributed by atoms with E-state index in [2.05, 4.69) is 5.32 Å². The van der Waals surface area contributed by atoms with Crippen molar-refractivity contribution in [2.24, 2.45) is 0 Å². The second-order valence-corrected chi connectivity index (χ2v) is 13.7. The molecule has 164 valence electrons. The molecule has 0 rings (SSSR count). The Bertz CT molecular complexity index is 549. The van der Waals surface area contributed by atoms with Gasteiger partial charge in [-0.1, -0.05) is 20.8 Å². The first kappa shape index (κ1) is 26.4. The van der Waals surface area contributed by atoms with Gasteiger partial charge in [-0.25, -0.2) is 14.4 Å². The van der Waals surface area contributed by atoms with Crippen molar-refractivity contribution in [3.63, 3.8) is 0 Å². The topological polar surface area (TPSA) is 100 Å². The number of hydrogen-bond donors (Lipinski definition) is 1. The maximum atomic E-state index is 12.6. The Morgan fingerprint density at radius 3 is 1.75 bits per heavy atom. The molecule has 0 fully saturated rings. The average Bonchev–Trinajstić information content (AvgIpc) is 2.48. The zero-order valence-electron chi connectivity index (χ0n) is 18.9. The molecule has 1 amide bonds. The summed E-state index contributed by atoms with van der Waals surface area (Å²) in [5, 5.41) is 2.20. The summed E-state index contributed by atoms with van der Waals surface area (Å²) < 4.78 is 21.6. The summed E-state index contributed by atoms with van der Waals surface area (Å²) in [5.41, 5.74) is -0.775. The second-order valence-electron chi connectivity index (χ2n) is 8.93. The van der Waals surface area contributed by atoms with Crippen LogP contribution in [0.25, 0.3) is 0 Å². The van der Waals surface area contributed by atoms with E-state index in [-0.39, 0.29) is 18.3 Å². The van der Waals surface area contributed by atoms with E-state index in [1.54, 1.807) is 34.6 Å². The molecule has 9 heteroatoms. The molecule has 0 aromatic heterocycles. The Morgan fingerprint density at radius 1 is 0.893 bits per heavy atom. The van der Waals surface area contributed by atoms with E-state index in [4.69, 9.17) is 18.6 Å². The number of nitrogens with one attached hydrogen (secondary N) is 1. The first-order valence-corrected chi connectivity index (χ1v) is 12.5. The monoisotopic (exact) mass is 419 g/mol. The van der Waals surface area contributed by atoms with Crippen LogP contribution in [-0.2, 0) is 28.2 Å². The number of amides is 1. The third-order valence-electron chi connectivity index (χ3n) is 4.26. The van der Waals surface area contributed by atoms with Gasteiger partial charge in [0.25, 0.3) is 0 Å². The van der Waals surface area contributed by atoms with Crippen molar-refractivity contribution in [3.8, 4) is 0 Å². The molecule has 0 aromatic carbocycles. The molecule has 0 saturated heterocycles. The van der Waals surface area contributed by atoms with Crippen LogP contribution in [0.5, 0.6) is 0 Å². The highest BCUT2D eigenvalue weighted by Crippen LogP contribution is 2.37. The Labute approximate surface area is 169 Å². The predicted molar refractivity (Wildman–Crippen MR) is 108 cm³/mol. The molecule has 0 saturated carbocycles. The maximum Gasteiger partial charge on any atom is 0.408 e. The summed E-state index contributed by atoms with van der Waals surface area (Å²) in [5.74, 6) is -1.52. The number of alkyl carbamates (subject to hydrolysis) is 1. The van der Waals surface area contributed by atoms with E-state index in [1.165, 1.54) is 0 Å². The lowest BCUT2D eigenvalue weighted by Gasteiger charge is -2.40. The van der Waals surface area contributed by atoms with Crippen LogP contribution in [0.2, 0.25) is 18.1 Å². The Hall–Kier alpha value is -1.61. The fourth-order valence-electron chi connectivity index (χ4n) is 1.90. The van der Waals surface area contributed by atoms with Crippen LogP contribution in [0, 0.1) is 0 Å². The van der Waals surface area contributed by atoms with E-state index >= 15 is 0 Å². The van der Waals surface area contributed by atoms with Gasteiger partial charge in [-0.2, -0.15) is 0 Å². The number of carbonyl (C=O) groups excluding carboxylic acids is 3. The summed E-state index contributed by atoms with van der Waals surface area (Å²) >= 11 is 0. The number of rotatable bonds is 8. The van der Waals surface area contributed by atoms with Crippen molar-refractivity contribution in [3.05, 3.63) is 0 Å². The van der Waals surface area contributed by atoms with Gasteiger partial charge in [-0.05, 0) is 52.8 Å². The molecule has 2 atom stereocenters. The lowest BCUT2D eigenvalue weighted by Crippen LogP contribution is -2.58. The highest BCUT2D eigenvalue weighted by atomic mass is 28.4. The molecule has 1 N–H and O–H groups in total. The summed E-state index contributed by atoms with van der Waals surface area (Å²) in [7, 11) is -2.49. The molecule has 0 spiro atoms. The summed E-state index contributed by atoms with van der Waals surface area (Å²) in [4.78, 5) is 37.5. The van der Waals surface area contributed by atoms with Crippen molar-refractivity contribution in [2.75, 3.05) is 13.2 Å². The Morgan fingerprint density at radius 2 is 1.36 bits per heavy atom. The molecule has 0 heterocycles. The van der Waals surface area contributed by atoms with Crippen LogP contribution in [-0.4, -0.2) is 57.3 Å². The molecule has 0 bridgehead atoms. The molecule has 8 nitrogen and oxygen atoms in total. The third-order valence-corrected chi connectivity index (χ3v) is 8.72. The van der Waals surface area contributed by atoms with Crippen LogP contribution in [0.3, 0.4) is 0 Å². The minimum Gasteiger partial charge on any atom is -0.464 e. The summed E-state index contributed by atoms with van der Waals surface area (Å²) in [6, 6.07) is -1.39. The minimum absolute atomic E-state index is 0.0843. The molecule has 0 aliphatic heterocycles. The van der Waals surface area contributed by atoms with Crippen LogP contribution >= 0.6 is 0 Å². The van der Waals surface area contributed by atoms with Gasteiger partial charge >= 0.3 is 18.0 Å². The fraction of sp³-hybridized carbons (Fsp3) is 0.842. The Kier molecular flexibility index (Phi) is 9.66. The van der Waals surface area contributed by atoms with E-state index in [1.807, 2.05) is 33.9 Å². The van der Waals surface area contributed by atoms with Gasteiger partial charge in [-0.3, -0.25) is 0 Å². The van der Waals surface area contributed by atoms with Crippen LogP contribution < -0.4 is 5.32 Å². The van der Waals surface area contributed by atoms with E-state index in [0.717, 1.165) is 0 Å². The van der Waals surface area contributed by atoms with Crippen molar-refractivity contribution >= 4 is 26.3 Å². The van der Waals surface area contributed by atoms with Gasteiger partial charge < -0.3 is 24.0 Å². The molecule has 28 heavy (non-hydrogen) atoms. The van der Waals surface area contributed by atoms with Crippen molar-refractivity contribution in [1.29, 1.82) is 0 Å².